The summed E-state index contributed by atoms with van der Waals surface area (Å²) in [7, 11) is 0. The van der Waals surface area contributed by atoms with E-state index < -0.39 is 35.0 Å². The van der Waals surface area contributed by atoms with Crippen LogP contribution in [-0.4, -0.2) is 24.0 Å². The smallest absolute Gasteiger partial charge is 0.352 e. The molecule has 1 fully saturated rings. The van der Waals surface area contributed by atoms with Crippen LogP contribution in [0.3, 0.4) is 0 Å². The zero-order chi connectivity index (χ0) is 24.2. The first-order valence-corrected chi connectivity index (χ1v) is 11.5. The molecule has 1 amide bonds. The van der Waals surface area contributed by atoms with Gasteiger partial charge in [-0.15, -0.1) is 11.3 Å². The SMILES string of the molecule is Cc1nc(CNC[C@H]2CC[C@H](CNC(=O)c3cc(C(F)(F)F)cc(C(F)(F)F)c3)CC2)cs1. The van der Waals surface area contributed by atoms with Crippen LogP contribution in [0.2, 0.25) is 0 Å². The van der Waals surface area contributed by atoms with Crippen molar-refractivity contribution in [2.45, 2.75) is 51.5 Å². The second-order valence-corrected chi connectivity index (χ2v) is 9.44. The summed E-state index contributed by atoms with van der Waals surface area (Å²) in [5.74, 6) is -0.317. The second kappa shape index (κ2) is 10.4. The van der Waals surface area contributed by atoms with E-state index in [0.29, 0.717) is 24.6 Å². The number of hydrogen-bond donors (Lipinski definition) is 2. The van der Waals surface area contributed by atoms with E-state index in [1.54, 1.807) is 11.3 Å². The van der Waals surface area contributed by atoms with Crippen molar-refractivity contribution in [3.05, 3.63) is 51.0 Å². The number of carbonyl (C=O) groups is 1. The number of nitrogens with zero attached hydrogens (tertiary/aromatic N) is 1. The van der Waals surface area contributed by atoms with Crippen LogP contribution in [0.15, 0.2) is 23.6 Å². The van der Waals surface area contributed by atoms with Gasteiger partial charge in [0.2, 0.25) is 0 Å². The van der Waals surface area contributed by atoms with E-state index in [2.05, 4.69) is 15.6 Å². The Kier molecular flexibility index (Phi) is 8.04. The predicted molar refractivity (Wildman–Crippen MR) is 113 cm³/mol. The maximum Gasteiger partial charge on any atom is 0.416 e. The minimum atomic E-state index is -4.99. The lowest BCUT2D eigenvalue weighted by Gasteiger charge is -2.28. The van der Waals surface area contributed by atoms with E-state index in [0.717, 1.165) is 42.9 Å². The molecule has 4 nitrogen and oxygen atoms in total. The van der Waals surface area contributed by atoms with Crippen molar-refractivity contribution >= 4 is 17.2 Å². The number of thiazole rings is 1. The van der Waals surface area contributed by atoms with Gasteiger partial charge < -0.3 is 10.6 Å². The summed E-state index contributed by atoms with van der Waals surface area (Å²) in [5, 5.41) is 8.95. The third-order valence-electron chi connectivity index (χ3n) is 5.77. The van der Waals surface area contributed by atoms with Crippen LogP contribution in [0.25, 0.3) is 0 Å². The summed E-state index contributed by atoms with van der Waals surface area (Å²) in [6.07, 6.45) is -6.43. The van der Waals surface area contributed by atoms with Gasteiger partial charge in [-0.1, -0.05) is 0 Å². The summed E-state index contributed by atoms with van der Waals surface area (Å²) < 4.78 is 77.9. The number of rotatable bonds is 7. The van der Waals surface area contributed by atoms with Crippen LogP contribution >= 0.6 is 11.3 Å². The lowest BCUT2D eigenvalue weighted by atomic mass is 9.82. The van der Waals surface area contributed by atoms with E-state index in [-0.39, 0.29) is 18.5 Å². The number of alkyl halides is 6. The van der Waals surface area contributed by atoms with E-state index >= 15 is 0 Å². The molecule has 1 saturated carbocycles. The molecule has 1 aromatic carbocycles. The van der Waals surface area contributed by atoms with E-state index in [4.69, 9.17) is 0 Å². The summed E-state index contributed by atoms with van der Waals surface area (Å²) in [6.45, 7) is 3.72. The number of hydrogen-bond acceptors (Lipinski definition) is 4. The topological polar surface area (TPSA) is 54.0 Å². The Morgan fingerprint density at radius 1 is 0.970 bits per heavy atom. The fraction of sp³-hybridized carbons (Fsp3) is 0.545. The van der Waals surface area contributed by atoms with Crippen LogP contribution < -0.4 is 10.6 Å². The number of aryl methyl sites for hydroxylation is 1. The monoisotopic (exact) mass is 493 g/mol. The van der Waals surface area contributed by atoms with Crippen molar-refractivity contribution in [2.75, 3.05) is 13.1 Å². The Labute approximate surface area is 191 Å². The van der Waals surface area contributed by atoms with Crippen LogP contribution in [-0.2, 0) is 18.9 Å². The molecule has 33 heavy (non-hydrogen) atoms. The molecule has 11 heteroatoms. The van der Waals surface area contributed by atoms with Gasteiger partial charge in [-0.05, 0) is 69.2 Å². The first-order valence-electron chi connectivity index (χ1n) is 10.6. The fourth-order valence-corrected chi connectivity index (χ4v) is 4.57. The molecule has 1 aromatic heterocycles. The molecule has 0 aliphatic heterocycles. The maximum atomic E-state index is 13.0. The number of nitrogens with one attached hydrogen (secondary N) is 2. The molecule has 0 saturated heterocycles. The van der Waals surface area contributed by atoms with Crippen LogP contribution in [0.1, 0.15) is 57.9 Å². The summed E-state index contributed by atoms with van der Waals surface area (Å²) in [5.41, 5.74) is -2.63. The molecule has 2 aromatic rings. The Morgan fingerprint density at radius 3 is 2.00 bits per heavy atom. The summed E-state index contributed by atoms with van der Waals surface area (Å²) in [6, 6.07) is 0.926. The molecule has 1 heterocycles. The molecule has 2 N–H and O–H groups in total. The Bertz CT molecular complexity index is 916. The average molecular weight is 494 g/mol. The van der Waals surface area contributed by atoms with Gasteiger partial charge in [0.25, 0.3) is 5.91 Å². The zero-order valence-corrected chi connectivity index (χ0v) is 18.8. The number of halogens is 6. The predicted octanol–water partition coefficient (Wildman–Crippen LogP) is 5.82. The summed E-state index contributed by atoms with van der Waals surface area (Å²) >= 11 is 1.60. The molecule has 3 rings (SSSR count). The van der Waals surface area contributed by atoms with E-state index in [1.165, 1.54) is 0 Å². The minimum Gasteiger partial charge on any atom is -0.352 e. The first-order chi connectivity index (χ1) is 15.4. The van der Waals surface area contributed by atoms with Crippen molar-refractivity contribution < 1.29 is 31.1 Å². The first kappa shape index (κ1) is 25.5. The van der Waals surface area contributed by atoms with Crippen molar-refractivity contribution in [3.63, 3.8) is 0 Å². The van der Waals surface area contributed by atoms with E-state index in [9.17, 15) is 31.1 Å². The standard InChI is InChI=1S/C22H25F6N3OS/c1-13-31-19(12-33-13)11-29-9-14-2-4-15(5-3-14)10-30-20(32)16-6-17(21(23,24)25)8-18(7-16)22(26,27)28/h6-8,12,14-15,29H,2-5,9-11H2,1H3,(H,30,32)/t14-,15-. The molecule has 182 valence electrons. The third kappa shape index (κ3) is 7.43. The van der Waals surface area contributed by atoms with Gasteiger partial charge in [0.05, 0.1) is 21.8 Å². The Hall–Kier alpha value is -2.14. The average Bonchev–Trinajstić information content (AvgIpc) is 3.16. The molecule has 0 unspecified atom stereocenters. The van der Waals surface area contributed by atoms with Crippen LogP contribution in [0.4, 0.5) is 26.3 Å². The molecule has 1 aliphatic rings. The molecule has 0 bridgehead atoms. The number of benzene rings is 1. The van der Waals surface area contributed by atoms with Gasteiger partial charge in [0.15, 0.2) is 0 Å². The minimum absolute atomic E-state index is 0.0156. The van der Waals surface area contributed by atoms with Gasteiger partial charge in [-0.3, -0.25) is 4.79 Å². The maximum absolute atomic E-state index is 13.0. The second-order valence-electron chi connectivity index (χ2n) is 8.38. The van der Waals surface area contributed by atoms with E-state index in [1.807, 2.05) is 12.3 Å². The normalized spacial score (nSPS) is 19.5. The highest BCUT2D eigenvalue weighted by Gasteiger charge is 2.37. The largest absolute Gasteiger partial charge is 0.416 e. The highest BCUT2D eigenvalue weighted by molar-refractivity contribution is 7.09. The highest BCUT2D eigenvalue weighted by atomic mass is 32.1. The molecule has 0 radical (unpaired) electrons. The number of carbonyl (C=O) groups excluding carboxylic acids is 1. The van der Waals surface area contributed by atoms with Crippen LogP contribution in [0, 0.1) is 18.8 Å². The lowest BCUT2D eigenvalue weighted by molar-refractivity contribution is -0.143. The highest BCUT2D eigenvalue weighted by Crippen LogP contribution is 2.36. The molecular weight excluding hydrogens is 468 g/mol. The van der Waals surface area contributed by atoms with Gasteiger partial charge in [-0.25, -0.2) is 4.98 Å². The van der Waals surface area contributed by atoms with Crippen molar-refractivity contribution in [3.8, 4) is 0 Å². The van der Waals surface area contributed by atoms with Gasteiger partial charge in [0.1, 0.15) is 0 Å². The van der Waals surface area contributed by atoms with Crippen molar-refractivity contribution in [1.29, 1.82) is 0 Å². The quantitative estimate of drug-likeness (QED) is 0.479. The van der Waals surface area contributed by atoms with Crippen LogP contribution in [0.5, 0.6) is 0 Å². The Balaban J connectivity index is 1.48. The summed E-state index contributed by atoms with van der Waals surface area (Å²) in [4.78, 5) is 16.7. The van der Waals surface area contributed by atoms with Gasteiger partial charge in [-0.2, -0.15) is 26.3 Å². The molecule has 0 spiro atoms. The lowest BCUT2D eigenvalue weighted by Crippen LogP contribution is -2.33. The number of aromatic nitrogens is 1. The molecule has 1 aliphatic carbocycles. The van der Waals surface area contributed by atoms with Gasteiger partial charge >= 0.3 is 12.4 Å². The Morgan fingerprint density at radius 2 is 1.52 bits per heavy atom. The number of amides is 1. The van der Waals surface area contributed by atoms with Gasteiger partial charge in [0, 0.05) is 24.0 Å². The zero-order valence-electron chi connectivity index (χ0n) is 17.9. The molecular formula is C22H25F6N3OS. The van der Waals surface area contributed by atoms with Crippen molar-refractivity contribution in [2.24, 2.45) is 11.8 Å². The van der Waals surface area contributed by atoms with Crippen molar-refractivity contribution in [1.82, 2.24) is 15.6 Å². The fourth-order valence-electron chi connectivity index (χ4n) is 3.96. The third-order valence-corrected chi connectivity index (χ3v) is 6.60. The molecule has 0 atom stereocenters.